The molecule has 2 fully saturated rings. The standard InChI is InChI=1S/C9H16N2O2/c12-6-7-5-9(8(13)11-7)1-3-10-4-2-9/h7,10,12H,1-6H2,(H,11,13)/t7-/m1/s1. The van der Waals surface area contributed by atoms with E-state index in [9.17, 15) is 4.79 Å². The summed E-state index contributed by atoms with van der Waals surface area (Å²) in [5, 5.41) is 15.1. The van der Waals surface area contributed by atoms with Gasteiger partial charge in [0.15, 0.2) is 0 Å². The molecule has 74 valence electrons. The molecule has 1 amide bonds. The van der Waals surface area contributed by atoms with Crippen molar-refractivity contribution in [2.75, 3.05) is 19.7 Å². The zero-order valence-electron chi connectivity index (χ0n) is 7.68. The summed E-state index contributed by atoms with van der Waals surface area (Å²) in [6.07, 6.45) is 2.63. The molecule has 3 N–H and O–H groups in total. The number of aliphatic hydroxyl groups is 1. The summed E-state index contributed by atoms with van der Waals surface area (Å²) in [4.78, 5) is 11.7. The number of nitrogens with one attached hydrogen (secondary N) is 2. The summed E-state index contributed by atoms with van der Waals surface area (Å²) < 4.78 is 0. The molecule has 4 heteroatoms. The van der Waals surface area contributed by atoms with E-state index in [1.807, 2.05) is 0 Å². The Kier molecular flexibility index (Phi) is 2.26. The Morgan fingerprint density at radius 1 is 1.46 bits per heavy atom. The van der Waals surface area contributed by atoms with Gasteiger partial charge in [-0.3, -0.25) is 4.79 Å². The normalized spacial score (nSPS) is 32.1. The number of rotatable bonds is 1. The van der Waals surface area contributed by atoms with Crippen LogP contribution in [0.5, 0.6) is 0 Å². The molecule has 0 aromatic heterocycles. The van der Waals surface area contributed by atoms with Gasteiger partial charge < -0.3 is 15.7 Å². The predicted octanol–water partition coefficient (Wildman–Crippen LogP) is -0.763. The molecule has 0 radical (unpaired) electrons. The first-order valence-electron chi connectivity index (χ1n) is 4.89. The summed E-state index contributed by atoms with van der Waals surface area (Å²) in [5.41, 5.74) is -0.168. The lowest BCUT2D eigenvalue weighted by Gasteiger charge is -2.30. The fraction of sp³-hybridized carbons (Fsp3) is 0.889. The molecule has 0 aromatic carbocycles. The SMILES string of the molecule is O=C1N[C@@H](CO)CC12CCNCC2. The van der Waals surface area contributed by atoms with Crippen LogP contribution in [0.25, 0.3) is 0 Å². The molecule has 2 aliphatic heterocycles. The van der Waals surface area contributed by atoms with Gasteiger partial charge in [-0.15, -0.1) is 0 Å². The fourth-order valence-corrected chi connectivity index (χ4v) is 2.40. The monoisotopic (exact) mass is 184 g/mol. The Labute approximate surface area is 77.7 Å². The molecule has 0 unspecified atom stereocenters. The highest BCUT2D eigenvalue weighted by Gasteiger charge is 2.46. The summed E-state index contributed by atoms with van der Waals surface area (Å²) in [6, 6.07) is -0.00870. The van der Waals surface area contributed by atoms with Crippen molar-refractivity contribution >= 4 is 5.91 Å². The van der Waals surface area contributed by atoms with Gasteiger partial charge in [0.05, 0.1) is 18.1 Å². The second kappa shape index (κ2) is 3.27. The molecular weight excluding hydrogens is 168 g/mol. The highest BCUT2D eigenvalue weighted by Crippen LogP contribution is 2.38. The molecule has 0 aromatic rings. The maximum Gasteiger partial charge on any atom is 0.226 e. The lowest BCUT2D eigenvalue weighted by molar-refractivity contribution is -0.128. The second-order valence-corrected chi connectivity index (χ2v) is 4.09. The second-order valence-electron chi connectivity index (χ2n) is 4.09. The van der Waals surface area contributed by atoms with E-state index >= 15 is 0 Å². The molecule has 13 heavy (non-hydrogen) atoms. The maximum atomic E-state index is 11.7. The Bertz CT molecular complexity index is 212. The van der Waals surface area contributed by atoms with Crippen LogP contribution in [0.15, 0.2) is 0 Å². The van der Waals surface area contributed by atoms with Gasteiger partial charge in [-0.2, -0.15) is 0 Å². The van der Waals surface area contributed by atoms with Crippen LogP contribution in [0.3, 0.4) is 0 Å². The van der Waals surface area contributed by atoms with Gasteiger partial charge in [-0.25, -0.2) is 0 Å². The number of carbonyl (C=O) groups excluding carboxylic acids is 1. The van der Waals surface area contributed by atoms with E-state index in [2.05, 4.69) is 10.6 Å². The number of amides is 1. The minimum absolute atomic E-state index is 0.00870. The summed E-state index contributed by atoms with van der Waals surface area (Å²) in [5.74, 6) is 0.146. The number of carbonyl (C=O) groups is 1. The summed E-state index contributed by atoms with van der Waals surface area (Å²) >= 11 is 0. The molecule has 2 heterocycles. The van der Waals surface area contributed by atoms with Crippen molar-refractivity contribution in [2.45, 2.75) is 25.3 Å². The highest BCUT2D eigenvalue weighted by atomic mass is 16.3. The van der Waals surface area contributed by atoms with Crippen LogP contribution in [-0.4, -0.2) is 36.8 Å². The van der Waals surface area contributed by atoms with E-state index in [1.165, 1.54) is 0 Å². The summed E-state index contributed by atoms with van der Waals surface area (Å²) in [6.45, 7) is 1.91. The topological polar surface area (TPSA) is 61.4 Å². The summed E-state index contributed by atoms with van der Waals surface area (Å²) in [7, 11) is 0. The van der Waals surface area contributed by atoms with Crippen LogP contribution in [0.1, 0.15) is 19.3 Å². The van der Waals surface area contributed by atoms with Gasteiger partial charge in [0.1, 0.15) is 0 Å². The van der Waals surface area contributed by atoms with Crippen molar-refractivity contribution in [3.05, 3.63) is 0 Å². The van der Waals surface area contributed by atoms with Gasteiger partial charge in [0, 0.05) is 0 Å². The molecule has 0 saturated carbocycles. The highest BCUT2D eigenvalue weighted by molar-refractivity contribution is 5.85. The molecule has 1 atom stereocenters. The third-order valence-electron chi connectivity index (χ3n) is 3.24. The van der Waals surface area contributed by atoms with Crippen molar-refractivity contribution in [1.29, 1.82) is 0 Å². The molecule has 0 aliphatic carbocycles. The van der Waals surface area contributed by atoms with Crippen LogP contribution in [0.2, 0.25) is 0 Å². The molecule has 2 saturated heterocycles. The van der Waals surface area contributed by atoms with Crippen LogP contribution in [0, 0.1) is 5.41 Å². The van der Waals surface area contributed by atoms with E-state index in [0.717, 1.165) is 32.4 Å². The lowest BCUT2D eigenvalue weighted by Crippen LogP contribution is -2.41. The van der Waals surface area contributed by atoms with Gasteiger partial charge >= 0.3 is 0 Å². The van der Waals surface area contributed by atoms with Gasteiger partial charge in [0.2, 0.25) is 5.91 Å². The number of hydrogen-bond acceptors (Lipinski definition) is 3. The molecule has 0 bridgehead atoms. The van der Waals surface area contributed by atoms with Crippen molar-refractivity contribution in [1.82, 2.24) is 10.6 Å². The molecule has 2 rings (SSSR count). The Morgan fingerprint density at radius 3 is 2.69 bits per heavy atom. The Hall–Kier alpha value is -0.610. The quantitative estimate of drug-likeness (QED) is 0.502. The van der Waals surface area contributed by atoms with E-state index in [4.69, 9.17) is 5.11 Å². The molecule has 2 aliphatic rings. The predicted molar refractivity (Wildman–Crippen MR) is 48.2 cm³/mol. The van der Waals surface area contributed by atoms with E-state index in [-0.39, 0.29) is 24.0 Å². The van der Waals surface area contributed by atoms with Gasteiger partial charge in [-0.05, 0) is 32.4 Å². The zero-order valence-corrected chi connectivity index (χ0v) is 7.68. The largest absolute Gasteiger partial charge is 0.394 e. The van der Waals surface area contributed by atoms with E-state index in [0.29, 0.717) is 0 Å². The molecule has 4 nitrogen and oxygen atoms in total. The van der Waals surface area contributed by atoms with Crippen molar-refractivity contribution in [3.8, 4) is 0 Å². The maximum absolute atomic E-state index is 11.7. The zero-order chi connectivity index (χ0) is 9.31. The van der Waals surface area contributed by atoms with Crippen molar-refractivity contribution in [3.63, 3.8) is 0 Å². The first-order valence-corrected chi connectivity index (χ1v) is 4.89. The van der Waals surface area contributed by atoms with Crippen LogP contribution in [0.4, 0.5) is 0 Å². The third kappa shape index (κ3) is 1.44. The van der Waals surface area contributed by atoms with Gasteiger partial charge in [0.25, 0.3) is 0 Å². The van der Waals surface area contributed by atoms with Crippen LogP contribution in [-0.2, 0) is 4.79 Å². The van der Waals surface area contributed by atoms with Crippen LogP contribution >= 0.6 is 0 Å². The van der Waals surface area contributed by atoms with Crippen molar-refractivity contribution < 1.29 is 9.90 Å². The average molecular weight is 184 g/mol. The fourth-order valence-electron chi connectivity index (χ4n) is 2.40. The lowest BCUT2D eigenvalue weighted by atomic mass is 9.76. The number of piperidine rings is 1. The third-order valence-corrected chi connectivity index (χ3v) is 3.24. The first kappa shape index (κ1) is 8.97. The molecular formula is C9H16N2O2. The minimum Gasteiger partial charge on any atom is -0.394 e. The van der Waals surface area contributed by atoms with E-state index in [1.54, 1.807) is 0 Å². The number of hydrogen-bond donors (Lipinski definition) is 3. The number of aliphatic hydroxyl groups excluding tert-OH is 1. The minimum atomic E-state index is -0.168. The molecule has 1 spiro atoms. The first-order chi connectivity index (χ1) is 6.27. The van der Waals surface area contributed by atoms with E-state index < -0.39 is 0 Å². The van der Waals surface area contributed by atoms with Crippen molar-refractivity contribution in [2.24, 2.45) is 5.41 Å². The Morgan fingerprint density at radius 2 is 2.15 bits per heavy atom. The Balaban J connectivity index is 2.08. The van der Waals surface area contributed by atoms with Gasteiger partial charge in [-0.1, -0.05) is 0 Å². The van der Waals surface area contributed by atoms with Crippen LogP contribution < -0.4 is 10.6 Å². The smallest absolute Gasteiger partial charge is 0.226 e. The average Bonchev–Trinajstić information content (AvgIpc) is 2.45.